The Morgan fingerprint density at radius 1 is 1.15 bits per heavy atom. The van der Waals surface area contributed by atoms with Gasteiger partial charge in [0.2, 0.25) is 6.43 Å². The highest BCUT2D eigenvalue weighted by molar-refractivity contribution is 6.62. The molecule has 0 radical (unpaired) electrons. The molecular weight excluding hydrogens is 263 g/mol. The Bertz CT molecular complexity index is 490. The number of aromatic nitrogens is 1. The Balaban J connectivity index is 2.23. The minimum Gasteiger partial charge on any atom is -0.399 e. The van der Waals surface area contributed by atoms with Crippen LogP contribution in [0, 0.1) is 6.92 Å². The van der Waals surface area contributed by atoms with Crippen LogP contribution in [0.3, 0.4) is 0 Å². The van der Waals surface area contributed by atoms with E-state index in [0.29, 0.717) is 11.4 Å². The van der Waals surface area contributed by atoms with Crippen LogP contribution >= 0.6 is 0 Å². The van der Waals surface area contributed by atoms with E-state index in [4.69, 9.17) is 9.31 Å². The summed E-state index contributed by atoms with van der Waals surface area (Å²) in [5.41, 5.74) is 0.999. The van der Waals surface area contributed by atoms with Crippen LogP contribution in [-0.4, -0.2) is 29.7 Å². The summed E-state index contributed by atoms with van der Waals surface area (Å²) in [5.74, 6) is 0. The van der Waals surface area contributed by atoms with E-state index < -0.39 is 24.7 Å². The predicted molar refractivity (Wildman–Crippen MR) is 74.4 cm³/mol. The van der Waals surface area contributed by atoms with Gasteiger partial charge in [-0.05, 0) is 40.7 Å². The Morgan fingerprint density at radius 3 is 2.15 bits per heavy atom. The number of pyridine rings is 1. The van der Waals surface area contributed by atoms with Crippen molar-refractivity contribution < 1.29 is 18.1 Å². The van der Waals surface area contributed by atoms with Crippen molar-refractivity contribution in [2.24, 2.45) is 0 Å². The maximum Gasteiger partial charge on any atom is 0.496 e. The van der Waals surface area contributed by atoms with Crippen molar-refractivity contribution in [3.05, 3.63) is 23.5 Å². The Morgan fingerprint density at radius 2 is 1.70 bits per heavy atom. The normalized spacial score (nSPS) is 20.7. The molecule has 0 saturated carbocycles. The van der Waals surface area contributed by atoms with Crippen LogP contribution in [0.1, 0.15) is 39.1 Å². The Kier molecular flexibility index (Phi) is 3.91. The van der Waals surface area contributed by atoms with Crippen LogP contribution in [0.2, 0.25) is 0 Å². The van der Waals surface area contributed by atoms with Crippen molar-refractivity contribution in [2.45, 2.75) is 58.7 Å². The first-order valence-corrected chi connectivity index (χ1v) is 6.72. The van der Waals surface area contributed by atoms with E-state index in [0.717, 1.165) is 5.46 Å². The molecule has 2 rings (SSSR count). The summed E-state index contributed by atoms with van der Waals surface area (Å²) >= 11 is 0. The second-order valence-electron chi connectivity index (χ2n) is 6.16. The zero-order chi connectivity index (χ0) is 15.1. The lowest BCUT2D eigenvalue weighted by molar-refractivity contribution is 0.00578. The van der Waals surface area contributed by atoms with Gasteiger partial charge in [0.1, 0.15) is 0 Å². The lowest BCUT2D eigenvalue weighted by atomic mass is 9.78. The van der Waals surface area contributed by atoms with E-state index in [1.54, 1.807) is 19.1 Å². The zero-order valence-electron chi connectivity index (χ0n) is 12.5. The fraction of sp³-hybridized carbons (Fsp3) is 0.643. The molecule has 0 amide bonds. The predicted octanol–water partition coefficient (Wildman–Crippen LogP) is 2.50. The number of rotatable bonds is 3. The SMILES string of the molecule is Cc1nc(CC(F)F)ccc1B1OC(C)(C)C(C)(C)O1. The van der Waals surface area contributed by atoms with Gasteiger partial charge >= 0.3 is 7.12 Å². The summed E-state index contributed by atoms with van der Waals surface area (Å²) in [6.07, 6.45) is -2.71. The third-order valence-electron chi connectivity index (χ3n) is 4.05. The molecule has 0 aliphatic carbocycles. The van der Waals surface area contributed by atoms with Gasteiger partial charge in [0.05, 0.1) is 17.6 Å². The molecule has 0 spiro atoms. The van der Waals surface area contributed by atoms with Crippen LogP contribution in [0.25, 0.3) is 0 Å². The standard InChI is InChI=1S/C14H20BF2NO2/c1-9-11(7-6-10(18-9)8-12(16)17)15-19-13(2,3)14(4,5)20-15/h6-7,12H,8H2,1-5H3. The van der Waals surface area contributed by atoms with Crippen molar-refractivity contribution in [1.82, 2.24) is 4.98 Å². The van der Waals surface area contributed by atoms with Crippen molar-refractivity contribution in [1.29, 1.82) is 0 Å². The van der Waals surface area contributed by atoms with Gasteiger partial charge in [0, 0.05) is 16.9 Å². The van der Waals surface area contributed by atoms with Gasteiger partial charge in [-0.1, -0.05) is 6.07 Å². The lowest BCUT2D eigenvalue weighted by Crippen LogP contribution is -2.41. The van der Waals surface area contributed by atoms with E-state index in [-0.39, 0.29) is 6.42 Å². The Hall–Kier alpha value is -1.01. The van der Waals surface area contributed by atoms with E-state index in [2.05, 4.69) is 4.98 Å². The average Bonchev–Trinajstić information content (AvgIpc) is 2.46. The quantitative estimate of drug-likeness (QED) is 0.799. The molecule has 1 aromatic heterocycles. The largest absolute Gasteiger partial charge is 0.496 e. The molecule has 0 unspecified atom stereocenters. The van der Waals surface area contributed by atoms with Crippen LogP contribution in [0.15, 0.2) is 12.1 Å². The van der Waals surface area contributed by atoms with Crippen LogP contribution in [0.5, 0.6) is 0 Å². The summed E-state index contributed by atoms with van der Waals surface area (Å²) in [6.45, 7) is 9.68. The molecule has 1 aliphatic heterocycles. The number of alkyl halides is 2. The molecule has 0 bridgehead atoms. The second kappa shape index (κ2) is 5.08. The summed E-state index contributed by atoms with van der Waals surface area (Å²) < 4.78 is 36.6. The first kappa shape index (κ1) is 15.4. The molecule has 110 valence electrons. The minimum absolute atomic E-state index is 0.329. The Labute approximate surface area is 118 Å². The van der Waals surface area contributed by atoms with Gasteiger partial charge in [-0.2, -0.15) is 0 Å². The molecule has 1 aromatic rings. The molecule has 1 fully saturated rings. The van der Waals surface area contributed by atoms with Crippen molar-refractivity contribution >= 4 is 12.6 Å². The summed E-state index contributed by atoms with van der Waals surface area (Å²) in [6, 6.07) is 3.38. The average molecular weight is 283 g/mol. The number of hydrogen-bond donors (Lipinski definition) is 0. The highest BCUT2D eigenvalue weighted by atomic mass is 19.3. The number of halogens is 2. The van der Waals surface area contributed by atoms with Gasteiger partial charge in [0.25, 0.3) is 0 Å². The smallest absolute Gasteiger partial charge is 0.399 e. The van der Waals surface area contributed by atoms with Gasteiger partial charge in [-0.3, -0.25) is 4.98 Å². The number of nitrogens with zero attached hydrogens (tertiary/aromatic N) is 1. The fourth-order valence-electron chi connectivity index (χ4n) is 2.11. The maximum absolute atomic E-state index is 12.4. The molecule has 0 atom stereocenters. The highest BCUT2D eigenvalue weighted by Gasteiger charge is 2.52. The zero-order valence-corrected chi connectivity index (χ0v) is 12.5. The molecule has 6 heteroatoms. The summed E-state index contributed by atoms with van der Waals surface area (Å²) in [4.78, 5) is 4.21. The third kappa shape index (κ3) is 2.86. The molecule has 2 heterocycles. The van der Waals surface area contributed by atoms with Crippen molar-refractivity contribution in [3.8, 4) is 0 Å². The van der Waals surface area contributed by atoms with E-state index in [1.807, 2.05) is 27.7 Å². The first-order chi connectivity index (χ1) is 9.12. The van der Waals surface area contributed by atoms with Crippen LogP contribution < -0.4 is 5.46 Å². The summed E-state index contributed by atoms with van der Waals surface area (Å²) in [5, 5.41) is 0. The van der Waals surface area contributed by atoms with E-state index >= 15 is 0 Å². The minimum atomic E-state index is -2.38. The van der Waals surface area contributed by atoms with Gasteiger partial charge < -0.3 is 9.31 Å². The molecular formula is C14H20BF2NO2. The number of hydrogen-bond acceptors (Lipinski definition) is 3. The lowest BCUT2D eigenvalue weighted by Gasteiger charge is -2.32. The number of aryl methyl sites for hydroxylation is 1. The van der Waals surface area contributed by atoms with Crippen molar-refractivity contribution in [3.63, 3.8) is 0 Å². The molecule has 1 saturated heterocycles. The van der Waals surface area contributed by atoms with Gasteiger partial charge in [-0.15, -0.1) is 0 Å². The molecule has 0 aromatic carbocycles. The van der Waals surface area contributed by atoms with E-state index in [1.165, 1.54) is 0 Å². The first-order valence-electron chi connectivity index (χ1n) is 6.72. The third-order valence-corrected chi connectivity index (χ3v) is 4.05. The molecule has 3 nitrogen and oxygen atoms in total. The molecule has 20 heavy (non-hydrogen) atoms. The topological polar surface area (TPSA) is 31.4 Å². The van der Waals surface area contributed by atoms with Gasteiger partial charge in [-0.25, -0.2) is 8.78 Å². The molecule has 0 N–H and O–H groups in total. The highest BCUT2D eigenvalue weighted by Crippen LogP contribution is 2.36. The fourth-order valence-corrected chi connectivity index (χ4v) is 2.11. The van der Waals surface area contributed by atoms with Crippen LogP contribution in [0.4, 0.5) is 8.78 Å². The van der Waals surface area contributed by atoms with Gasteiger partial charge in [0.15, 0.2) is 0 Å². The second-order valence-corrected chi connectivity index (χ2v) is 6.16. The van der Waals surface area contributed by atoms with Crippen molar-refractivity contribution in [2.75, 3.05) is 0 Å². The van der Waals surface area contributed by atoms with Crippen LogP contribution in [-0.2, 0) is 15.7 Å². The van der Waals surface area contributed by atoms with E-state index in [9.17, 15) is 8.78 Å². The maximum atomic E-state index is 12.4. The monoisotopic (exact) mass is 283 g/mol. The summed E-state index contributed by atoms with van der Waals surface area (Å²) in [7, 11) is -0.506. The molecule has 1 aliphatic rings.